The topological polar surface area (TPSA) is 61.8 Å². The Hall–Kier alpha value is -2.82. The molecule has 1 saturated carbocycles. The van der Waals surface area contributed by atoms with E-state index in [1.165, 1.54) is 32.1 Å². The fraction of sp³-hybridized carbons (Fsp3) is 0.562. The second-order valence-electron chi connectivity index (χ2n) is 10.5. The summed E-state index contributed by atoms with van der Waals surface area (Å²) in [6, 6.07) is 13.7. The monoisotopic (exact) mass is 508 g/mol. The fourth-order valence-electron chi connectivity index (χ4n) is 4.82. The number of ether oxygens (including phenoxy) is 3. The molecule has 0 saturated heterocycles. The molecule has 2 aromatic carbocycles. The van der Waals surface area contributed by atoms with Gasteiger partial charge in [0.1, 0.15) is 17.2 Å². The van der Waals surface area contributed by atoms with E-state index in [9.17, 15) is 9.59 Å². The third-order valence-electron chi connectivity index (χ3n) is 7.55. The van der Waals surface area contributed by atoms with E-state index < -0.39 is 5.97 Å². The highest BCUT2D eigenvalue weighted by molar-refractivity contribution is 5.91. The van der Waals surface area contributed by atoms with Crippen LogP contribution in [0.15, 0.2) is 48.5 Å². The van der Waals surface area contributed by atoms with E-state index >= 15 is 0 Å². The molecule has 3 rings (SSSR count). The first kappa shape index (κ1) is 28.7. The zero-order chi connectivity index (χ0) is 26.5. The molecule has 0 spiro atoms. The maximum Gasteiger partial charge on any atom is 0.343 e. The molecule has 1 aliphatic carbocycles. The minimum atomic E-state index is -0.441. The van der Waals surface area contributed by atoms with Gasteiger partial charge in [-0.3, -0.25) is 4.79 Å². The Morgan fingerprint density at radius 1 is 0.811 bits per heavy atom. The van der Waals surface area contributed by atoms with Gasteiger partial charge < -0.3 is 14.2 Å². The number of carbonyl (C=O) groups is 2. The largest absolute Gasteiger partial charge is 0.494 e. The highest BCUT2D eigenvalue weighted by atomic mass is 16.5. The van der Waals surface area contributed by atoms with Crippen LogP contribution < -0.4 is 14.2 Å². The Labute approximate surface area is 222 Å². The molecule has 0 aromatic heterocycles. The van der Waals surface area contributed by atoms with Crippen LogP contribution in [0.25, 0.3) is 0 Å². The zero-order valence-corrected chi connectivity index (χ0v) is 22.9. The number of hydrogen-bond donors (Lipinski definition) is 0. The summed E-state index contributed by atoms with van der Waals surface area (Å²) in [5, 5.41) is 0. The third kappa shape index (κ3) is 9.87. The van der Waals surface area contributed by atoms with Crippen molar-refractivity contribution >= 4 is 11.9 Å². The van der Waals surface area contributed by atoms with E-state index in [1.54, 1.807) is 48.5 Å². The average Bonchev–Trinajstić information content (AvgIpc) is 2.92. The first-order valence-electron chi connectivity index (χ1n) is 14.2. The minimum Gasteiger partial charge on any atom is -0.494 e. The molecule has 0 bridgehead atoms. The summed E-state index contributed by atoms with van der Waals surface area (Å²) < 4.78 is 16.9. The van der Waals surface area contributed by atoms with E-state index in [2.05, 4.69) is 20.8 Å². The normalized spacial score (nSPS) is 18.1. The lowest BCUT2D eigenvalue weighted by Crippen LogP contribution is -2.25. The summed E-state index contributed by atoms with van der Waals surface area (Å²) in [5.41, 5.74) is 0.452. The maximum absolute atomic E-state index is 12.6. The van der Waals surface area contributed by atoms with Crippen molar-refractivity contribution in [3.05, 3.63) is 54.1 Å². The van der Waals surface area contributed by atoms with Gasteiger partial charge in [0.2, 0.25) is 0 Å². The molecule has 1 atom stereocenters. The standard InChI is InChI=1S/C32H44O5/c1-4-6-7-10-25-11-13-26(14-12-25)31(33)36-29-19-21-30(22-20-29)37-32(34)27-15-17-28(18-16-27)35-23-8-9-24(3)5-2/h15-22,24-26H,4-14,23H2,1-3H3/t24-,25-,26-/m0/s1. The summed E-state index contributed by atoms with van der Waals surface area (Å²) in [6.45, 7) is 7.36. The van der Waals surface area contributed by atoms with Crippen molar-refractivity contribution in [3.63, 3.8) is 0 Å². The van der Waals surface area contributed by atoms with Gasteiger partial charge in [0, 0.05) is 0 Å². The molecule has 0 unspecified atom stereocenters. The van der Waals surface area contributed by atoms with Crippen LogP contribution in [0, 0.1) is 17.8 Å². The lowest BCUT2D eigenvalue weighted by Gasteiger charge is -2.27. The Kier molecular flexibility index (Phi) is 12.0. The van der Waals surface area contributed by atoms with Crippen molar-refractivity contribution in [1.29, 1.82) is 0 Å². The van der Waals surface area contributed by atoms with Crippen LogP contribution in [0.4, 0.5) is 0 Å². The Balaban J connectivity index is 1.40. The van der Waals surface area contributed by atoms with Crippen LogP contribution >= 0.6 is 0 Å². The summed E-state index contributed by atoms with van der Waals surface area (Å²) in [6.07, 6.45) is 12.5. The Morgan fingerprint density at radius 3 is 2.05 bits per heavy atom. The van der Waals surface area contributed by atoms with Crippen LogP contribution in [-0.2, 0) is 4.79 Å². The van der Waals surface area contributed by atoms with Crippen LogP contribution in [-0.4, -0.2) is 18.5 Å². The molecule has 0 N–H and O–H groups in total. The van der Waals surface area contributed by atoms with Gasteiger partial charge >= 0.3 is 11.9 Å². The van der Waals surface area contributed by atoms with Crippen LogP contribution in [0.3, 0.4) is 0 Å². The number of carbonyl (C=O) groups excluding carboxylic acids is 2. The average molecular weight is 509 g/mol. The highest BCUT2D eigenvalue weighted by Gasteiger charge is 2.27. The molecule has 0 heterocycles. The first-order valence-corrected chi connectivity index (χ1v) is 14.2. The molecule has 1 fully saturated rings. The molecule has 2 aromatic rings. The molecular weight excluding hydrogens is 464 g/mol. The van der Waals surface area contributed by atoms with Crippen molar-refractivity contribution in [2.45, 2.75) is 91.4 Å². The van der Waals surface area contributed by atoms with Gasteiger partial charge in [-0.15, -0.1) is 0 Å². The fourth-order valence-corrected chi connectivity index (χ4v) is 4.82. The van der Waals surface area contributed by atoms with Crippen molar-refractivity contribution in [2.24, 2.45) is 17.8 Å². The van der Waals surface area contributed by atoms with Crippen molar-refractivity contribution in [1.82, 2.24) is 0 Å². The molecule has 0 aliphatic heterocycles. The third-order valence-corrected chi connectivity index (χ3v) is 7.55. The maximum atomic E-state index is 12.6. The van der Waals surface area contributed by atoms with E-state index in [0.717, 1.165) is 50.2 Å². The molecule has 5 heteroatoms. The summed E-state index contributed by atoms with van der Waals surface area (Å²) >= 11 is 0. The van der Waals surface area contributed by atoms with E-state index in [0.29, 0.717) is 29.6 Å². The van der Waals surface area contributed by atoms with Crippen LogP contribution in [0.5, 0.6) is 17.2 Å². The molecule has 37 heavy (non-hydrogen) atoms. The Morgan fingerprint density at radius 2 is 1.43 bits per heavy atom. The highest BCUT2D eigenvalue weighted by Crippen LogP contribution is 2.33. The van der Waals surface area contributed by atoms with Gasteiger partial charge in [0.05, 0.1) is 18.1 Å². The molecule has 0 amide bonds. The number of esters is 2. The number of unbranched alkanes of at least 4 members (excludes halogenated alkanes) is 2. The summed E-state index contributed by atoms with van der Waals surface area (Å²) in [7, 11) is 0. The van der Waals surface area contributed by atoms with E-state index in [4.69, 9.17) is 14.2 Å². The van der Waals surface area contributed by atoms with Gasteiger partial charge in [0.25, 0.3) is 0 Å². The summed E-state index contributed by atoms with van der Waals surface area (Å²) in [4.78, 5) is 25.1. The van der Waals surface area contributed by atoms with Crippen molar-refractivity contribution < 1.29 is 23.8 Å². The molecule has 1 aliphatic rings. The van der Waals surface area contributed by atoms with Crippen molar-refractivity contribution in [2.75, 3.05) is 6.61 Å². The molecule has 5 nitrogen and oxygen atoms in total. The second kappa shape index (κ2) is 15.4. The smallest absolute Gasteiger partial charge is 0.343 e. The Bertz CT molecular complexity index is 942. The lowest BCUT2D eigenvalue weighted by molar-refractivity contribution is -0.140. The molecule has 0 radical (unpaired) electrons. The lowest BCUT2D eigenvalue weighted by atomic mass is 9.80. The van der Waals surface area contributed by atoms with E-state index in [-0.39, 0.29) is 11.9 Å². The minimum absolute atomic E-state index is 0.0215. The number of benzene rings is 2. The van der Waals surface area contributed by atoms with Gasteiger partial charge in [0.15, 0.2) is 0 Å². The quantitative estimate of drug-likeness (QED) is 0.146. The van der Waals surface area contributed by atoms with Crippen LogP contribution in [0.2, 0.25) is 0 Å². The van der Waals surface area contributed by atoms with Gasteiger partial charge in [-0.25, -0.2) is 4.79 Å². The van der Waals surface area contributed by atoms with E-state index in [1.807, 2.05) is 0 Å². The van der Waals surface area contributed by atoms with Gasteiger partial charge in [-0.1, -0.05) is 52.9 Å². The zero-order valence-electron chi connectivity index (χ0n) is 22.9. The number of hydrogen-bond acceptors (Lipinski definition) is 5. The predicted octanol–water partition coefficient (Wildman–Crippen LogP) is 8.40. The second-order valence-corrected chi connectivity index (χ2v) is 10.5. The predicted molar refractivity (Wildman–Crippen MR) is 147 cm³/mol. The first-order chi connectivity index (χ1) is 18.0. The summed E-state index contributed by atoms with van der Waals surface area (Å²) in [5.74, 6) is 2.48. The van der Waals surface area contributed by atoms with Crippen LogP contribution in [0.1, 0.15) is 102 Å². The van der Waals surface area contributed by atoms with Crippen molar-refractivity contribution in [3.8, 4) is 17.2 Å². The number of rotatable bonds is 14. The molecular formula is C32H44O5. The van der Waals surface area contributed by atoms with Gasteiger partial charge in [-0.2, -0.15) is 0 Å². The van der Waals surface area contributed by atoms with Gasteiger partial charge in [-0.05, 0) is 98.9 Å². The molecule has 202 valence electrons. The SMILES string of the molecule is CCCCC[C@H]1CC[C@H](C(=O)Oc2ccc(OC(=O)c3ccc(OCCC[C@@H](C)CC)cc3)cc2)CC1.